The summed E-state index contributed by atoms with van der Waals surface area (Å²) < 4.78 is 2.04. The van der Waals surface area contributed by atoms with Crippen LogP contribution < -0.4 is 15.4 Å². The number of halogens is 1. The minimum atomic E-state index is -0.456. The number of thiazole rings is 1. The van der Waals surface area contributed by atoms with E-state index in [2.05, 4.69) is 20.9 Å². The second kappa shape index (κ2) is 6.03. The molecule has 0 aliphatic carbocycles. The van der Waals surface area contributed by atoms with Gasteiger partial charge in [-0.15, -0.1) is 0 Å². The summed E-state index contributed by atoms with van der Waals surface area (Å²) >= 11 is 4.23. The second-order valence-electron chi connectivity index (χ2n) is 6.03. The zero-order valence-electron chi connectivity index (χ0n) is 13.9. The summed E-state index contributed by atoms with van der Waals surface area (Å²) in [6.07, 6.45) is 0. The monoisotopic (exact) mass is 428 g/mol. The molecule has 26 heavy (non-hydrogen) atoms. The molecule has 0 saturated carbocycles. The Balaban J connectivity index is 2.04. The van der Waals surface area contributed by atoms with Crippen LogP contribution in [0.1, 0.15) is 16.0 Å². The highest BCUT2D eigenvalue weighted by Crippen LogP contribution is 2.31. The average Bonchev–Trinajstić information content (AvgIpc) is 3.06. The first-order valence-corrected chi connectivity index (χ1v) is 9.44. The van der Waals surface area contributed by atoms with Gasteiger partial charge < -0.3 is 5.11 Å². The number of nitrogens with zero attached hydrogens (tertiary/aromatic N) is 2. The Morgan fingerprint density at radius 3 is 2.69 bits per heavy atom. The third-order valence-corrected chi connectivity index (χ3v) is 5.94. The number of carbonyl (C=O) groups excluding carboxylic acids is 1. The Labute approximate surface area is 160 Å². The maximum Gasteiger partial charge on any atom is 0.315 e. The lowest BCUT2D eigenvalue weighted by Crippen LogP contribution is -2.22. The first-order chi connectivity index (χ1) is 12.4. The van der Waals surface area contributed by atoms with Crippen LogP contribution in [0.3, 0.4) is 0 Å². The summed E-state index contributed by atoms with van der Waals surface area (Å²) in [5.74, 6) is -0.692. The van der Waals surface area contributed by atoms with Gasteiger partial charge in [-0.05, 0) is 49.2 Å². The molecule has 0 atom stereocenters. The van der Waals surface area contributed by atoms with Crippen molar-refractivity contribution in [2.24, 2.45) is 4.99 Å². The zero-order valence-corrected chi connectivity index (χ0v) is 16.3. The summed E-state index contributed by atoms with van der Waals surface area (Å²) in [5.41, 5.74) is 2.76. The molecule has 7 heteroatoms. The Morgan fingerprint density at radius 2 is 1.92 bits per heavy atom. The molecule has 1 aliphatic rings. The van der Waals surface area contributed by atoms with Gasteiger partial charge in [-0.1, -0.05) is 39.4 Å². The fraction of sp³-hybridized carbons (Fsp3) is 0.105. The minimum absolute atomic E-state index is 0.236. The first-order valence-electron chi connectivity index (χ1n) is 7.83. The van der Waals surface area contributed by atoms with Crippen LogP contribution in [0.4, 0.5) is 0 Å². The molecule has 5 nitrogen and oxygen atoms in total. The third-order valence-electron chi connectivity index (χ3n) is 4.49. The SMILES string of the molecule is Cc1cccc(-n2c(O)c(C3=c4cc(Br)ccc4=NC3=O)sc2=O)c1C. The Hall–Kier alpha value is -2.51. The third kappa shape index (κ3) is 2.47. The van der Waals surface area contributed by atoms with Crippen molar-refractivity contribution in [2.45, 2.75) is 13.8 Å². The predicted molar refractivity (Wildman–Crippen MR) is 103 cm³/mol. The van der Waals surface area contributed by atoms with E-state index in [1.807, 2.05) is 26.0 Å². The highest BCUT2D eigenvalue weighted by molar-refractivity contribution is 9.10. The van der Waals surface area contributed by atoms with Crippen LogP contribution in [-0.4, -0.2) is 15.6 Å². The maximum absolute atomic E-state index is 12.6. The molecule has 0 spiro atoms. The largest absolute Gasteiger partial charge is 0.493 e. The number of hydrogen-bond donors (Lipinski definition) is 1. The number of amides is 1. The zero-order chi connectivity index (χ0) is 18.6. The lowest BCUT2D eigenvalue weighted by atomic mass is 10.1. The van der Waals surface area contributed by atoms with Crippen molar-refractivity contribution >= 4 is 38.7 Å². The van der Waals surface area contributed by atoms with E-state index in [1.165, 1.54) is 4.57 Å². The number of aromatic nitrogens is 1. The molecule has 0 bridgehead atoms. The number of carbonyl (C=O) groups is 1. The van der Waals surface area contributed by atoms with E-state index in [-0.39, 0.29) is 21.2 Å². The molecule has 1 amide bonds. The van der Waals surface area contributed by atoms with E-state index in [1.54, 1.807) is 24.3 Å². The van der Waals surface area contributed by atoms with Gasteiger partial charge in [0.15, 0.2) is 0 Å². The standard InChI is InChI=1S/C19H13BrN2O3S/c1-9-4-3-5-14(10(9)2)22-18(24)16(26-19(22)25)15-12-8-11(20)6-7-13(12)21-17(15)23/h3-8,24H,1-2H3. The van der Waals surface area contributed by atoms with Crippen LogP contribution in [0.2, 0.25) is 0 Å². The van der Waals surface area contributed by atoms with Crippen molar-refractivity contribution < 1.29 is 9.90 Å². The topological polar surface area (TPSA) is 71.7 Å². The van der Waals surface area contributed by atoms with Crippen molar-refractivity contribution in [3.05, 3.63) is 77.1 Å². The van der Waals surface area contributed by atoms with Gasteiger partial charge in [-0.25, -0.2) is 9.56 Å². The number of hydrogen-bond acceptors (Lipinski definition) is 4. The van der Waals surface area contributed by atoms with Crippen molar-refractivity contribution in [1.82, 2.24) is 4.57 Å². The molecule has 1 aromatic heterocycles. The van der Waals surface area contributed by atoms with Gasteiger partial charge in [0.1, 0.15) is 4.88 Å². The van der Waals surface area contributed by atoms with Crippen LogP contribution in [0, 0.1) is 13.8 Å². The van der Waals surface area contributed by atoms with Crippen molar-refractivity contribution in [2.75, 3.05) is 0 Å². The Morgan fingerprint density at radius 1 is 1.15 bits per heavy atom. The average molecular weight is 429 g/mol. The summed E-state index contributed by atoms with van der Waals surface area (Å²) in [6, 6.07) is 10.8. The predicted octanol–water partition coefficient (Wildman–Crippen LogP) is 2.34. The molecule has 2 aromatic carbocycles. The Bertz CT molecular complexity index is 1270. The lowest BCUT2D eigenvalue weighted by molar-refractivity contribution is -0.112. The molecule has 0 unspecified atom stereocenters. The smallest absolute Gasteiger partial charge is 0.315 e. The van der Waals surface area contributed by atoms with Gasteiger partial charge in [-0.3, -0.25) is 9.59 Å². The number of fused-ring (bicyclic) bond motifs is 1. The van der Waals surface area contributed by atoms with E-state index in [4.69, 9.17) is 0 Å². The normalized spacial score (nSPS) is 13.0. The Kier molecular flexibility index (Phi) is 3.93. The van der Waals surface area contributed by atoms with Crippen LogP contribution in [0.5, 0.6) is 5.88 Å². The summed E-state index contributed by atoms with van der Waals surface area (Å²) in [7, 11) is 0. The van der Waals surface area contributed by atoms with Gasteiger partial charge in [0.25, 0.3) is 5.91 Å². The highest BCUT2D eigenvalue weighted by Gasteiger charge is 2.27. The molecule has 0 fully saturated rings. The van der Waals surface area contributed by atoms with Gasteiger partial charge in [0.2, 0.25) is 5.88 Å². The molecular formula is C19H13BrN2O3S. The fourth-order valence-electron chi connectivity index (χ4n) is 3.03. The van der Waals surface area contributed by atoms with Gasteiger partial charge in [-0.2, -0.15) is 0 Å². The van der Waals surface area contributed by atoms with E-state index in [0.29, 0.717) is 16.3 Å². The lowest BCUT2D eigenvalue weighted by Gasteiger charge is -2.10. The maximum atomic E-state index is 12.6. The van der Waals surface area contributed by atoms with Crippen molar-refractivity contribution in [3.63, 3.8) is 0 Å². The van der Waals surface area contributed by atoms with Crippen LogP contribution in [0.25, 0.3) is 11.3 Å². The number of benzene rings is 2. The summed E-state index contributed by atoms with van der Waals surface area (Å²) in [4.78, 5) is 29.0. The highest BCUT2D eigenvalue weighted by atomic mass is 79.9. The van der Waals surface area contributed by atoms with Gasteiger partial charge >= 0.3 is 4.87 Å². The molecule has 130 valence electrons. The molecular weight excluding hydrogens is 416 g/mol. The molecule has 3 aromatic rings. The van der Waals surface area contributed by atoms with Crippen LogP contribution in [-0.2, 0) is 4.79 Å². The van der Waals surface area contributed by atoms with E-state index in [9.17, 15) is 14.7 Å². The number of aromatic hydroxyl groups is 1. The molecule has 0 saturated heterocycles. The van der Waals surface area contributed by atoms with Crippen LogP contribution >= 0.6 is 27.3 Å². The molecule has 4 rings (SSSR count). The molecule has 2 heterocycles. The quantitative estimate of drug-likeness (QED) is 0.680. The second-order valence-corrected chi connectivity index (χ2v) is 7.91. The minimum Gasteiger partial charge on any atom is -0.493 e. The number of rotatable bonds is 2. The molecule has 0 radical (unpaired) electrons. The van der Waals surface area contributed by atoms with Gasteiger partial charge in [0, 0.05) is 9.69 Å². The van der Waals surface area contributed by atoms with E-state index < -0.39 is 5.91 Å². The first kappa shape index (κ1) is 16.9. The summed E-state index contributed by atoms with van der Waals surface area (Å²) in [5, 5.41) is 11.9. The van der Waals surface area contributed by atoms with E-state index >= 15 is 0 Å². The van der Waals surface area contributed by atoms with Gasteiger partial charge in [0.05, 0.1) is 16.6 Å². The molecule has 1 N–H and O–H groups in total. The summed E-state index contributed by atoms with van der Waals surface area (Å²) in [6.45, 7) is 3.83. The molecule has 1 aliphatic heterocycles. The fourth-order valence-corrected chi connectivity index (χ4v) is 4.32. The van der Waals surface area contributed by atoms with Crippen molar-refractivity contribution in [1.29, 1.82) is 0 Å². The number of aryl methyl sites for hydroxylation is 1. The van der Waals surface area contributed by atoms with E-state index in [0.717, 1.165) is 26.9 Å². The van der Waals surface area contributed by atoms with Crippen LogP contribution in [0.15, 0.2) is 50.7 Å². The van der Waals surface area contributed by atoms with Crippen molar-refractivity contribution in [3.8, 4) is 11.6 Å².